The van der Waals surface area contributed by atoms with Gasteiger partial charge in [-0.25, -0.2) is 4.79 Å². The Balaban J connectivity index is 1.51. The van der Waals surface area contributed by atoms with Gasteiger partial charge in [0.2, 0.25) is 0 Å². The van der Waals surface area contributed by atoms with Crippen LogP contribution in [-0.4, -0.2) is 39.4 Å². The second-order valence-electron chi connectivity index (χ2n) is 5.11. The van der Waals surface area contributed by atoms with Crippen LogP contribution >= 0.6 is 0 Å². The first-order valence-corrected chi connectivity index (χ1v) is 7.97. The lowest BCUT2D eigenvalue weighted by atomic mass is 10.3. The van der Waals surface area contributed by atoms with E-state index in [2.05, 4.69) is 21.3 Å². The van der Waals surface area contributed by atoms with Crippen molar-refractivity contribution in [2.75, 3.05) is 49.3 Å². The van der Waals surface area contributed by atoms with Crippen molar-refractivity contribution in [3.05, 3.63) is 54.6 Å². The van der Waals surface area contributed by atoms with Gasteiger partial charge in [-0.2, -0.15) is 0 Å². The lowest BCUT2D eigenvalue weighted by Crippen LogP contribution is -2.31. The van der Waals surface area contributed by atoms with Crippen LogP contribution in [0.3, 0.4) is 0 Å². The summed E-state index contributed by atoms with van der Waals surface area (Å²) >= 11 is 0. The van der Waals surface area contributed by atoms with Crippen molar-refractivity contribution >= 4 is 23.1 Å². The fourth-order valence-electron chi connectivity index (χ4n) is 2.06. The second-order valence-corrected chi connectivity index (χ2v) is 5.11. The predicted molar refractivity (Wildman–Crippen MR) is 98.8 cm³/mol. The molecule has 0 fully saturated rings. The van der Waals surface area contributed by atoms with Crippen LogP contribution < -0.4 is 21.3 Å². The molecule has 0 saturated carbocycles. The average molecular weight is 328 g/mol. The monoisotopic (exact) mass is 328 g/mol. The molecule has 4 N–H and O–H groups in total. The van der Waals surface area contributed by atoms with E-state index in [1.165, 1.54) is 0 Å². The van der Waals surface area contributed by atoms with E-state index in [9.17, 15) is 4.79 Å². The van der Waals surface area contributed by atoms with Crippen LogP contribution in [0.25, 0.3) is 0 Å². The SMILES string of the molecule is CNc1ccc(NC(=O)NCCOCCNc2ccccc2)cc1. The highest BCUT2D eigenvalue weighted by Crippen LogP contribution is 2.12. The first-order chi connectivity index (χ1) is 11.8. The van der Waals surface area contributed by atoms with Gasteiger partial charge in [-0.15, -0.1) is 0 Å². The van der Waals surface area contributed by atoms with E-state index in [-0.39, 0.29) is 6.03 Å². The minimum atomic E-state index is -0.238. The molecule has 2 aromatic rings. The molecule has 2 rings (SSSR count). The van der Waals surface area contributed by atoms with Crippen LogP contribution in [0.15, 0.2) is 54.6 Å². The number of rotatable bonds is 9. The number of carbonyl (C=O) groups excluding carboxylic acids is 1. The minimum Gasteiger partial charge on any atom is -0.388 e. The van der Waals surface area contributed by atoms with Gasteiger partial charge in [-0.05, 0) is 36.4 Å². The number of urea groups is 1. The minimum absolute atomic E-state index is 0.238. The number of hydrogen-bond donors (Lipinski definition) is 4. The standard InChI is InChI=1S/C18H24N4O2/c1-19-15-7-9-17(10-8-15)22-18(23)21-12-14-24-13-11-20-16-5-3-2-4-6-16/h2-10,19-20H,11-14H2,1H3,(H2,21,22,23). The number of benzene rings is 2. The van der Waals surface area contributed by atoms with Gasteiger partial charge in [0.1, 0.15) is 0 Å². The summed E-state index contributed by atoms with van der Waals surface area (Å²) in [6.07, 6.45) is 0. The molecule has 0 atom stereocenters. The predicted octanol–water partition coefficient (Wildman–Crippen LogP) is 2.98. The number of nitrogens with one attached hydrogen (secondary N) is 4. The highest BCUT2D eigenvalue weighted by molar-refractivity contribution is 5.89. The molecular weight excluding hydrogens is 304 g/mol. The van der Waals surface area contributed by atoms with E-state index in [1.54, 1.807) is 0 Å². The fourth-order valence-corrected chi connectivity index (χ4v) is 2.06. The van der Waals surface area contributed by atoms with E-state index in [1.807, 2.05) is 61.6 Å². The Bertz CT molecular complexity index is 602. The van der Waals surface area contributed by atoms with E-state index in [0.717, 1.165) is 23.6 Å². The molecule has 6 heteroatoms. The van der Waals surface area contributed by atoms with Gasteiger partial charge < -0.3 is 26.0 Å². The molecule has 0 unspecified atom stereocenters. The zero-order valence-electron chi connectivity index (χ0n) is 13.8. The van der Waals surface area contributed by atoms with Crippen molar-refractivity contribution in [3.63, 3.8) is 0 Å². The van der Waals surface area contributed by atoms with Gasteiger partial charge >= 0.3 is 6.03 Å². The van der Waals surface area contributed by atoms with Crippen LogP contribution in [0, 0.1) is 0 Å². The van der Waals surface area contributed by atoms with E-state index < -0.39 is 0 Å². The molecule has 0 radical (unpaired) electrons. The Hall–Kier alpha value is -2.73. The number of anilines is 3. The lowest BCUT2D eigenvalue weighted by molar-refractivity contribution is 0.146. The molecule has 0 aliphatic carbocycles. The van der Waals surface area contributed by atoms with Crippen molar-refractivity contribution in [3.8, 4) is 0 Å². The molecule has 24 heavy (non-hydrogen) atoms. The zero-order valence-corrected chi connectivity index (χ0v) is 13.8. The summed E-state index contributed by atoms with van der Waals surface area (Å²) in [6, 6.07) is 17.2. The van der Waals surface area contributed by atoms with Crippen LogP contribution in [0.4, 0.5) is 21.9 Å². The average Bonchev–Trinajstić information content (AvgIpc) is 2.62. The molecule has 0 spiro atoms. The normalized spacial score (nSPS) is 10.0. The summed E-state index contributed by atoms with van der Waals surface area (Å²) in [5.74, 6) is 0. The molecule has 128 valence electrons. The summed E-state index contributed by atoms with van der Waals surface area (Å²) in [5, 5.41) is 11.8. The maximum absolute atomic E-state index is 11.7. The van der Waals surface area contributed by atoms with Gasteiger partial charge in [0.15, 0.2) is 0 Å². The Labute approximate surface area is 142 Å². The quantitative estimate of drug-likeness (QED) is 0.534. The molecule has 0 saturated heterocycles. The van der Waals surface area contributed by atoms with E-state index in [4.69, 9.17) is 4.74 Å². The zero-order chi connectivity index (χ0) is 17.0. The van der Waals surface area contributed by atoms with E-state index >= 15 is 0 Å². The maximum Gasteiger partial charge on any atom is 0.319 e. The number of hydrogen-bond acceptors (Lipinski definition) is 4. The van der Waals surface area contributed by atoms with Crippen molar-refractivity contribution < 1.29 is 9.53 Å². The topological polar surface area (TPSA) is 74.4 Å². The summed E-state index contributed by atoms with van der Waals surface area (Å²) in [4.78, 5) is 11.7. The summed E-state index contributed by atoms with van der Waals surface area (Å²) < 4.78 is 5.47. The molecule has 0 aliphatic rings. The van der Waals surface area contributed by atoms with Crippen LogP contribution in [0.2, 0.25) is 0 Å². The molecule has 2 amide bonds. The fraction of sp³-hybridized carbons (Fsp3) is 0.278. The van der Waals surface area contributed by atoms with E-state index in [0.29, 0.717) is 19.8 Å². The molecular formula is C18H24N4O2. The lowest BCUT2D eigenvalue weighted by Gasteiger charge is -2.09. The smallest absolute Gasteiger partial charge is 0.319 e. The first kappa shape index (κ1) is 17.6. The molecule has 0 aromatic heterocycles. The third kappa shape index (κ3) is 6.58. The third-order valence-electron chi connectivity index (χ3n) is 3.31. The van der Waals surface area contributed by atoms with Gasteiger partial charge in [-0.1, -0.05) is 18.2 Å². The Morgan fingerprint density at radius 3 is 2.25 bits per heavy atom. The number of carbonyl (C=O) groups is 1. The van der Waals surface area contributed by atoms with Crippen molar-refractivity contribution in [2.24, 2.45) is 0 Å². The molecule has 0 bridgehead atoms. The van der Waals surface area contributed by atoms with Crippen molar-refractivity contribution in [1.29, 1.82) is 0 Å². The van der Waals surface area contributed by atoms with Gasteiger partial charge in [0.05, 0.1) is 13.2 Å². The highest BCUT2D eigenvalue weighted by atomic mass is 16.5. The third-order valence-corrected chi connectivity index (χ3v) is 3.31. The van der Waals surface area contributed by atoms with Crippen molar-refractivity contribution in [1.82, 2.24) is 5.32 Å². The summed E-state index contributed by atoms with van der Waals surface area (Å²) in [5.41, 5.74) is 2.82. The van der Waals surface area contributed by atoms with Gasteiger partial charge in [0, 0.05) is 37.2 Å². The van der Waals surface area contributed by atoms with Crippen LogP contribution in [0.1, 0.15) is 0 Å². The Morgan fingerprint density at radius 2 is 1.54 bits per heavy atom. The molecule has 6 nitrogen and oxygen atoms in total. The van der Waals surface area contributed by atoms with Gasteiger partial charge in [-0.3, -0.25) is 0 Å². The van der Waals surface area contributed by atoms with Crippen LogP contribution in [0.5, 0.6) is 0 Å². The highest BCUT2D eigenvalue weighted by Gasteiger charge is 2.00. The summed E-state index contributed by atoms with van der Waals surface area (Å²) in [6.45, 7) is 2.26. The Kier molecular flexibility index (Phi) is 7.43. The summed E-state index contributed by atoms with van der Waals surface area (Å²) in [7, 11) is 1.85. The first-order valence-electron chi connectivity index (χ1n) is 7.97. The number of para-hydroxylation sites is 1. The van der Waals surface area contributed by atoms with Crippen molar-refractivity contribution in [2.45, 2.75) is 0 Å². The van der Waals surface area contributed by atoms with Crippen LogP contribution in [-0.2, 0) is 4.74 Å². The largest absolute Gasteiger partial charge is 0.388 e. The second kappa shape index (κ2) is 10.1. The molecule has 2 aromatic carbocycles. The maximum atomic E-state index is 11.7. The number of ether oxygens (including phenoxy) is 1. The Morgan fingerprint density at radius 1 is 0.875 bits per heavy atom. The molecule has 0 aliphatic heterocycles. The number of amides is 2. The van der Waals surface area contributed by atoms with Gasteiger partial charge in [0.25, 0.3) is 0 Å². The molecule has 0 heterocycles.